The van der Waals surface area contributed by atoms with Crippen molar-refractivity contribution in [1.29, 1.82) is 0 Å². The number of fused-ring (bicyclic) bond motifs is 1. The second-order valence-electron chi connectivity index (χ2n) is 6.69. The second-order valence-corrected chi connectivity index (χ2v) is 6.69. The van der Waals surface area contributed by atoms with Crippen LogP contribution in [-0.4, -0.2) is 25.9 Å². The number of urea groups is 1. The molecule has 5 nitrogen and oxygen atoms in total. The summed E-state index contributed by atoms with van der Waals surface area (Å²) in [4.78, 5) is 12.5. The highest BCUT2D eigenvalue weighted by atomic mass is 16.5. The van der Waals surface area contributed by atoms with Crippen molar-refractivity contribution in [3.05, 3.63) is 65.2 Å². The van der Waals surface area contributed by atoms with E-state index in [1.165, 1.54) is 11.1 Å². The molecular formula is C22H28N2O3. The third-order valence-electron chi connectivity index (χ3n) is 4.70. The molecule has 2 aromatic rings. The number of ether oxygens (including phenoxy) is 2. The number of carbonyl (C=O) groups excluding carboxylic acids is 1. The van der Waals surface area contributed by atoms with Gasteiger partial charge in [0.1, 0.15) is 0 Å². The van der Waals surface area contributed by atoms with Gasteiger partial charge in [0.25, 0.3) is 0 Å². The van der Waals surface area contributed by atoms with Crippen LogP contribution in [0.1, 0.15) is 42.5 Å². The van der Waals surface area contributed by atoms with Gasteiger partial charge in [-0.3, -0.25) is 0 Å². The molecule has 27 heavy (non-hydrogen) atoms. The fraction of sp³-hybridized carbons (Fsp3) is 0.409. The van der Waals surface area contributed by atoms with Crippen molar-refractivity contribution >= 4 is 11.7 Å². The van der Waals surface area contributed by atoms with Crippen LogP contribution in [0.5, 0.6) is 0 Å². The first-order valence-corrected chi connectivity index (χ1v) is 9.66. The maximum absolute atomic E-state index is 12.5. The van der Waals surface area contributed by atoms with Crippen molar-refractivity contribution in [3.8, 4) is 0 Å². The molecule has 1 aliphatic rings. The molecule has 2 aromatic carbocycles. The molecule has 2 amide bonds. The first-order chi connectivity index (χ1) is 13.3. The van der Waals surface area contributed by atoms with E-state index in [9.17, 15) is 4.79 Å². The molecule has 2 N–H and O–H groups in total. The van der Waals surface area contributed by atoms with Crippen molar-refractivity contribution < 1.29 is 14.3 Å². The van der Waals surface area contributed by atoms with Crippen molar-refractivity contribution in [2.24, 2.45) is 0 Å². The molecule has 0 bridgehead atoms. The summed E-state index contributed by atoms with van der Waals surface area (Å²) in [7, 11) is 0. The largest absolute Gasteiger partial charge is 0.379 e. The molecule has 5 heteroatoms. The highest BCUT2D eigenvalue weighted by Gasteiger charge is 2.21. The average Bonchev–Trinajstić information content (AvgIpc) is 2.68. The molecule has 0 aromatic heterocycles. The highest BCUT2D eigenvalue weighted by molar-refractivity contribution is 5.89. The van der Waals surface area contributed by atoms with Gasteiger partial charge in [-0.2, -0.15) is 0 Å². The molecular weight excluding hydrogens is 340 g/mol. The number of nitrogens with one attached hydrogen (secondary N) is 2. The van der Waals surface area contributed by atoms with Gasteiger partial charge < -0.3 is 20.1 Å². The van der Waals surface area contributed by atoms with E-state index in [0.717, 1.165) is 30.5 Å². The van der Waals surface area contributed by atoms with Crippen LogP contribution in [0.25, 0.3) is 0 Å². The molecule has 144 valence electrons. The van der Waals surface area contributed by atoms with Gasteiger partial charge in [0.05, 0.1) is 25.9 Å². The lowest BCUT2D eigenvalue weighted by molar-refractivity contribution is 0.0453. The Morgan fingerprint density at radius 2 is 1.96 bits per heavy atom. The van der Waals surface area contributed by atoms with E-state index in [1.807, 2.05) is 37.3 Å². The number of anilines is 1. The minimum absolute atomic E-state index is 0.0695. The van der Waals surface area contributed by atoms with Crippen molar-refractivity contribution in [1.82, 2.24) is 5.32 Å². The zero-order valence-electron chi connectivity index (χ0n) is 15.9. The SMILES string of the molecule is CCOCCOCc1cccc(NC(=O)NC2CCCc3ccccc32)c1. The van der Waals surface area contributed by atoms with Crippen LogP contribution in [0.4, 0.5) is 10.5 Å². The fourth-order valence-corrected chi connectivity index (χ4v) is 3.42. The first-order valence-electron chi connectivity index (χ1n) is 9.66. The average molecular weight is 368 g/mol. The summed E-state index contributed by atoms with van der Waals surface area (Å²) in [6.45, 7) is 4.32. The summed E-state index contributed by atoms with van der Waals surface area (Å²) in [5.74, 6) is 0. The molecule has 0 radical (unpaired) electrons. The van der Waals surface area contributed by atoms with E-state index < -0.39 is 0 Å². The number of carbonyl (C=O) groups is 1. The number of benzene rings is 2. The monoisotopic (exact) mass is 368 g/mol. The van der Waals surface area contributed by atoms with Crippen LogP contribution in [-0.2, 0) is 22.5 Å². The maximum Gasteiger partial charge on any atom is 0.319 e. The van der Waals surface area contributed by atoms with Crippen LogP contribution >= 0.6 is 0 Å². The van der Waals surface area contributed by atoms with E-state index in [1.54, 1.807) is 0 Å². The molecule has 0 heterocycles. The number of amides is 2. The molecule has 0 saturated carbocycles. The van der Waals surface area contributed by atoms with Crippen LogP contribution < -0.4 is 10.6 Å². The summed E-state index contributed by atoms with van der Waals surface area (Å²) in [5.41, 5.74) is 4.35. The number of hydrogen-bond donors (Lipinski definition) is 2. The topological polar surface area (TPSA) is 59.6 Å². The molecule has 1 atom stereocenters. The molecule has 0 saturated heterocycles. The molecule has 0 spiro atoms. The van der Waals surface area contributed by atoms with Crippen molar-refractivity contribution in [3.63, 3.8) is 0 Å². The predicted molar refractivity (Wildman–Crippen MR) is 107 cm³/mol. The van der Waals surface area contributed by atoms with Gasteiger partial charge in [-0.15, -0.1) is 0 Å². The lowest BCUT2D eigenvalue weighted by atomic mass is 9.88. The second kappa shape index (κ2) is 10.1. The van der Waals surface area contributed by atoms with E-state index >= 15 is 0 Å². The Bertz CT molecular complexity index is 748. The van der Waals surface area contributed by atoms with Gasteiger partial charge in [0, 0.05) is 12.3 Å². The zero-order valence-corrected chi connectivity index (χ0v) is 15.9. The molecule has 1 aliphatic carbocycles. The summed E-state index contributed by atoms with van der Waals surface area (Å²) >= 11 is 0. The van der Waals surface area contributed by atoms with E-state index in [-0.39, 0.29) is 12.1 Å². The third kappa shape index (κ3) is 5.81. The lowest BCUT2D eigenvalue weighted by Crippen LogP contribution is -2.34. The summed E-state index contributed by atoms with van der Waals surface area (Å²) in [6, 6.07) is 16.0. The fourth-order valence-electron chi connectivity index (χ4n) is 3.42. The molecule has 3 rings (SSSR count). The molecule has 0 fully saturated rings. The third-order valence-corrected chi connectivity index (χ3v) is 4.70. The Labute approximate surface area is 161 Å². The standard InChI is InChI=1S/C22H28N2O3/c1-2-26-13-14-27-16-17-7-5-10-19(15-17)23-22(25)24-21-12-6-9-18-8-3-4-11-20(18)21/h3-5,7-8,10-11,15,21H,2,6,9,12-14,16H2,1H3,(H2,23,24,25). The molecule has 1 unspecified atom stereocenters. The van der Waals surface area contributed by atoms with E-state index in [4.69, 9.17) is 9.47 Å². The number of aryl methyl sites for hydroxylation is 1. The van der Waals surface area contributed by atoms with Gasteiger partial charge in [-0.25, -0.2) is 4.79 Å². The van der Waals surface area contributed by atoms with Crippen LogP contribution in [0, 0.1) is 0 Å². The quantitative estimate of drug-likeness (QED) is 0.677. The minimum atomic E-state index is -0.175. The molecule has 0 aliphatic heterocycles. The summed E-state index contributed by atoms with van der Waals surface area (Å²) in [6.07, 6.45) is 3.15. The van der Waals surface area contributed by atoms with E-state index in [0.29, 0.717) is 26.4 Å². The van der Waals surface area contributed by atoms with Crippen LogP contribution in [0.2, 0.25) is 0 Å². The van der Waals surface area contributed by atoms with Gasteiger partial charge >= 0.3 is 6.03 Å². The first kappa shape index (κ1) is 19.4. The maximum atomic E-state index is 12.5. The zero-order chi connectivity index (χ0) is 18.9. The highest BCUT2D eigenvalue weighted by Crippen LogP contribution is 2.29. The Morgan fingerprint density at radius 1 is 1.11 bits per heavy atom. The Balaban J connectivity index is 1.52. The van der Waals surface area contributed by atoms with Crippen LogP contribution in [0.15, 0.2) is 48.5 Å². The van der Waals surface area contributed by atoms with Crippen molar-refractivity contribution in [2.75, 3.05) is 25.1 Å². The van der Waals surface area contributed by atoms with E-state index in [2.05, 4.69) is 28.8 Å². The van der Waals surface area contributed by atoms with Gasteiger partial charge in [-0.1, -0.05) is 36.4 Å². The van der Waals surface area contributed by atoms with Gasteiger partial charge in [0.2, 0.25) is 0 Å². The van der Waals surface area contributed by atoms with Crippen molar-refractivity contribution in [2.45, 2.75) is 38.8 Å². The Kier molecular flexibility index (Phi) is 7.25. The lowest BCUT2D eigenvalue weighted by Gasteiger charge is -2.26. The smallest absolute Gasteiger partial charge is 0.319 e. The minimum Gasteiger partial charge on any atom is -0.379 e. The van der Waals surface area contributed by atoms with Gasteiger partial charge in [-0.05, 0) is 55.0 Å². The predicted octanol–water partition coefficient (Wildman–Crippen LogP) is 4.44. The Morgan fingerprint density at radius 3 is 2.85 bits per heavy atom. The number of rotatable bonds is 8. The summed E-state index contributed by atoms with van der Waals surface area (Å²) < 4.78 is 10.8. The summed E-state index contributed by atoms with van der Waals surface area (Å²) in [5, 5.41) is 6.05. The normalized spacial score (nSPS) is 15.8. The Hall–Kier alpha value is -2.37. The number of hydrogen-bond acceptors (Lipinski definition) is 3. The van der Waals surface area contributed by atoms with Gasteiger partial charge in [0.15, 0.2) is 0 Å². The van der Waals surface area contributed by atoms with Crippen LogP contribution in [0.3, 0.4) is 0 Å².